The first-order valence-electron chi connectivity index (χ1n) is 5.03. The lowest BCUT2D eigenvalue weighted by molar-refractivity contribution is 0.398. The van der Waals surface area contributed by atoms with E-state index < -0.39 is 0 Å². The van der Waals surface area contributed by atoms with Gasteiger partial charge in [0.15, 0.2) is 5.82 Å². The summed E-state index contributed by atoms with van der Waals surface area (Å²) < 4.78 is 6.17. The minimum atomic E-state index is 0.535. The number of ether oxygens (including phenoxy) is 1. The molecule has 0 bridgehead atoms. The number of nitrogens with zero attached hydrogens (tertiary/aromatic N) is 1. The highest BCUT2D eigenvalue weighted by molar-refractivity contribution is 14.1. The zero-order valence-electron chi connectivity index (χ0n) is 9.27. The Hall–Kier alpha value is -1.50. The summed E-state index contributed by atoms with van der Waals surface area (Å²) in [7, 11) is 1.58. The monoisotopic (exact) mass is 341 g/mol. The van der Waals surface area contributed by atoms with E-state index in [1.54, 1.807) is 19.2 Å². The van der Waals surface area contributed by atoms with Gasteiger partial charge in [-0.05, 0) is 40.8 Å². The van der Waals surface area contributed by atoms with E-state index >= 15 is 0 Å². The minimum Gasteiger partial charge on any atom is -0.481 e. The van der Waals surface area contributed by atoms with E-state index in [2.05, 4.69) is 32.9 Å². The summed E-state index contributed by atoms with van der Waals surface area (Å²) in [5, 5.41) is 3.19. The fourth-order valence-electron chi connectivity index (χ4n) is 1.36. The first kappa shape index (κ1) is 12.0. The lowest BCUT2D eigenvalue weighted by Gasteiger charge is -2.10. The fourth-order valence-corrected chi connectivity index (χ4v) is 1.88. The van der Waals surface area contributed by atoms with E-state index in [1.807, 2.05) is 24.3 Å². The molecule has 0 amide bonds. The molecule has 0 unspecified atom stereocenters. The summed E-state index contributed by atoms with van der Waals surface area (Å²) >= 11 is 2.25. The topological polar surface area (TPSA) is 60.2 Å². The van der Waals surface area contributed by atoms with E-state index in [0.29, 0.717) is 17.4 Å². The number of halogens is 1. The number of aromatic nitrogens is 1. The summed E-state index contributed by atoms with van der Waals surface area (Å²) in [5.74, 6) is 1.14. The van der Waals surface area contributed by atoms with Crippen molar-refractivity contribution < 1.29 is 4.74 Å². The average molecular weight is 341 g/mol. The molecule has 0 radical (unpaired) electrons. The molecule has 0 atom stereocenters. The van der Waals surface area contributed by atoms with Crippen molar-refractivity contribution in [1.82, 2.24) is 4.98 Å². The number of hydrogen-bond donors (Lipinski definition) is 2. The maximum atomic E-state index is 5.86. The third-order valence-corrected chi connectivity index (χ3v) is 3.18. The fraction of sp³-hybridized carbons (Fsp3) is 0.0833. The van der Waals surface area contributed by atoms with Crippen molar-refractivity contribution in [2.45, 2.75) is 0 Å². The molecule has 17 heavy (non-hydrogen) atoms. The second kappa shape index (κ2) is 5.22. The molecule has 3 N–H and O–H groups in total. The van der Waals surface area contributed by atoms with E-state index in [-0.39, 0.29) is 0 Å². The quantitative estimate of drug-likeness (QED) is 0.843. The van der Waals surface area contributed by atoms with Crippen LogP contribution in [0.4, 0.5) is 17.2 Å². The van der Waals surface area contributed by atoms with Crippen molar-refractivity contribution in [1.29, 1.82) is 0 Å². The van der Waals surface area contributed by atoms with E-state index in [4.69, 9.17) is 10.5 Å². The Morgan fingerprint density at radius 1 is 1.24 bits per heavy atom. The Morgan fingerprint density at radius 3 is 2.71 bits per heavy atom. The predicted molar refractivity (Wildman–Crippen MR) is 77.6 cm³/mol. The van der Waals surface area contributed by atoms with Crippen LogP contribution in [-0.2, 0) is 0 Å². The van der Waals surface area contributed by atoms with Crippen LogP contribution in [0.15, 0.2) is 36.4 Å². The van der Waals surface area contributed by atoms with Crippen molar-refractivity contribution in [3.05, 3.63) is 40.0 Å². The summed E-state index contributed by atoms with van der Waals surface area (Å²) in [6.07, 6.45) is 0. The number of nitrogens with one attached hydrogen (secondary N) is 1. The molecule has 0 fully saturated rings. The molecule has 1 heterocycles. The van der Waals surface area contributed by atoms with Gasteiger partial charge in [-0.3, -0.25) is 0 Å². The van der Waals surface area contributed by atoms with Crippen LogP contribution in [0.2, 0.25) is 0 Å². The average Bonchev–Trinajstić information content (AvgIpc) is 2.35. The number of nitrogens with two attached hydrogens (primary N) is 1. The molecule has 0 aliphatic rings. The summed E-state index contributed by atoms with van der Waals surface area (Å²) in [4.78, 5) is 4.27. The van der Waals surface area contributed by atoms with Gasteiger partial charge in [0.1, 0.15) is 0 Å². The first-order chi connectivity index (χ1) is 8.20. The Balaban J connectivity index is 2.32. The van der Waals surface area contributed by atoms with Gasteiger partial charge in [-0.15, -0.1) is 0 Å². The lowest BCUT2D eigenvalue weighted by atomic mass is 10.3. The number of para-hydroxylation sites is 1. The van der Waals surface area contributed by atoms with Crippen molar-refractivity contribution >= 4 is 39.8 Å². The molecular formula is C12H12IN3O. The van der Waals surface area contributed by atoms with Crippen molar-refractivity contribution in [2.75, 3.05) is 18.2 Å². The highest BCUT2D eigenvalue weighted by Gasteiger charge is 2.05. The van der Waals surface area contributed by atoms with Gasteiger partial charge in [0, 0.05) is 9.64 Å². The van der Waals surface area contributed by atoms with Crippen LogP contribution in [0.5, 0.6) is 5.88 Å². The number of hydrogen-bond acceptors (Lipinski definition) is 4. The zero-order valence-corrected chi connectivity index (χ0v) is 11.4. The number of benzene rings is 1. The summed E-state index contributed by atoms with van der Waals surface area (Å²) in [6, 6.07) is 11.4. The van der Waals surface area contributed by atoms with Crippen molar-refractivity contribution in [2.24, 2.45) is 0 Å². The Morgan fingerprint density at radius 2 is 2.00 bits per heavy atom. The van der Waals surface area contributed by atoms with Crippen LogP contribution in [0.25, 0.3) is 0 Å². The molecule has 0 aliphatic heterocycles. The molecule has 2 aromatic rings. The Bertz CT molecular complexity index is 531. The van der Waals surface area contributed by atoms with Crippen LogP contribution in [0, 0.1) is 3.57 Å². The van der Waals surface area contributed by atoms with Gasteiger partial charge in [0.05, 0.1) is 18.5 Å². The van der Waals surface area contributed by atoms with E-state index in [1.165, 1.54) is 0 Å². The third-order valence-electron chi connectivity index (χ3n) is 2.24. The predicted octanol–water partition coefficient (Wildman–Crippen LogP) is 3.02. The van der Waals surface area contributed by atoms with Crippen LogP contribution < -0.4 is 15.8 Å². The maximum absolute atomic E-state index is 5.86. The van der Waals surface area contributed by atoms with Gasteiger partial charge >= 0.3 is 0 Å². The Labute approximate surface area is 113 Å². The molecule has 0 saturated heterocycles. The van der Waals surface area contributed by atoms with Crippen molar-refractivity contribution in [3.8, 4) is 5.88 Å². The van der Waals surface area contributed by atoms with Crippen molar-refractivity contribution in [3.63, 3.8) is 0 Å². The Kier molecular flexibility index (Phi) is 3.68. The number of methoxy groups -OCH3 is 1. The standard InChI is InChI=1S/C12H12IN3O/c1-17-11-7-6-9(14)12(16-11)15-10-5-3-2-4-8(10)13/h2-7H,14H2,1H3,(H,15,16). The second-order valence-corrected chi connectivity index (χ2v) is 4.56. The molecule has 0 aliphatic carbocycles. The van der Waals surface area contributed by atoms with E-state index in [9.17, 15) is 0 Å². The number of rotatable bonds is 3. The molecular weight excluding hydrogens is 329 g/mol. The van der Waals surface area contributed by atoms with Crippen LogP contribution >= 0.6 is 22.6 Å². The largest absolute Gasteiger partial charge is 0.481 e. The van der Waals surface area contributed by atoms with Gasteiger partial charge < -0.3 is 15.8 Å². The maximum Gasteiger partial charge on any atom is 0.215 e. The third kappa shape index (κ3) is 2.79. The van der Waals surface area contributed by atoms with Gasteiger partial charge in [0.2, 0.25) is 5.88 Å². The second-order valence-electron chi connectivity index (χ2n) is 3.40. The molecule has 5 heteroatoms. The minimum absolute atomic E-state index is 0.535. The smallest absolute Gasteiger partial charge is 0.215 e. The van der Waals surface area contributed by atoms with Crippen LogP contribution in [-0.4, -0.2) is 12.1 Å². The zero-order chi connectivity index (χ0) is 12.3. The molecule has 0 spiro atoms. The summed E-state index contributed by atoms with van der Waals surface area (Å²) in [6.45, 7) is 0. The highest BCUT2D eigenvalue weighted by Crippen LogP contribution is 2.26. The highest BCUT2D eigenvalue weighted by atomic mass is 127. The van der Waals surface area contributed by atoms with Gasteiger partial charge in [0.25, 0.3) is 0 Å². The normalized spacial score (nSPS) is 10.0. The lowest BCUT2D eigenvalue weighted by Crippen LogP contribution is -2.01. The summed E-state index contributed by atoms with van der Waals surface area (Å²) in [5.41, 5.74) is 7.42. The van der Waals surface area contributed by atoms with Gasteiger partial charge in [-0.2, -0.15) is 4.98 Å². The van der Waals surface area contributed by atoms with Gasteiger partial charge in [-0.1, -0.05) is 12.1 Å². The SMILES string of the molecule is COc1ccc(N)c(Nc2ccccc2I)n1. The molecule has 1 aromatic heterocycles. The molecule has 88 valence electrons. The number of anilines is 3. The first-order valence-corrected chi connectivity index (χ1v) is 6.10. The van der Waals surface area contributed by atoms with Gasteiger partial charge in [-0.25, -0.2) is 0 Å². The molecule has 2 rings (SSSR count). The number of nitrogen functional groups attached to an aromatic ring is 1. The van der Waals surface area contributed by atoms with E-state index in [0.717, 1.165) is 9.26 Å². The van der Waals surface area contributed by atoms with Crippen LogP contribution in [0.3, 0.4) is 0 Å². The van der Waals surface area contributed by atoms with Crippen LogP contribution in [0.1, 0.15) is 0 Å². The molecule has 0 saturated carbocycles. The molecule has 1 aromatic carbocycles. The molecule has 4 nitrogen and oxygen atoms in total. The number of pyridine rings is 1.